The van der Waals surface area contributed by atoms with Crippen LogP contribution >= 0.6 is 11.8 Å². The maximum atomic E-state index is 15.7. The van der Waals surface area contributed by atoms with Gasteiger partial charge in [-0.2, -0.15) is 0 Å². The number of hydrogen-bond acceptors (Lipinski definition) is 22. The number of hydrogen-bond donors (Lipinski definition) is 17. The van der Waals surface area contributed by atoms with Crippen molar-refractivity contribution in [1.29, 1.82) is 0 Å². The van der Waals surface area contributed by atoms with E-state index in [-0.39, 0.29) is 30.6 Å². The summed E-state index contributed by atoms with van der Waals surface area (Å²) in [4.78, 5) is 269. The average molecular weight is 1890 g/mol. The zero-order chi connectivity index (χ0) is 98.2. The molecule has 0 saturated carbocycles. The van der Waals surface area contributed by atoms with E-state index in [1.807, 2.05) is 0 Å². The Morgan fingerprint density at radius 1 is 0.493 bits per heavy atom. The van der Waals surface area contributed by atoms with Crippen LogP contribution in [0.15, 0.2) is 128 Å². The molecule has 6 aromatic rings. The number of aromatic nitrogens is 1. The van der Waals surface area contributed by atoms with E-state index in [1.165, 1.54) is 51.4 Å². The van der Waals surface area contributed by atoms with Crippen molar-refractivity contribution < 1.29 is 130 Å². The highest BCUT2D eigenvalue weighted by atomic mass is 32.2. The third-order valence-electron chi connectivity index (χ3n) is 23.1. The minimum atomic E-state index is -2.22. The number of para-hydroxylation sites is 1. The third kappa shape index (κ3) is 28.3. The van der Waals surface area contributed by atoms with E-state index in [4.69, 9.17) is 5.73 Å². The number of aliphatic carboxylic acids is 3. The Balaban J connectivity index is 1.14. The third-order valence-corrected chi connectivity index (χ3v) is 24.2. The molecule has 40 nitrogen and oxygen atoms in total. The number of H-pyrrole nitrogens is 1. The fourth-order valence-electron chi connectivity index (χ4n) is 16.0. The molecule has 5 aromatic carbocycles. The molecule has 0 spiro atoms. The largest absolute Gasteiger partial charge is 0.508 e. The Hall–Kier alpha value is -14.0. The lowest BCUT2D eigenvalue weighted by atomic mass is 9.98. The first-order valence-electron chi connectivity index (χ1n) is 43.0. The number of primary amides is 1. The van der Waals surface area contributed by atoms with Crippen LogP contribution in [0.3, 0.4) is 0 Å². The van der Waals surface area contributed by atoms with Gasteiger partial charge in [0.25, 0.3) is 0 Å². The molecule has 3 aliphatic heterocycles. The molecule has 0 aliphatic carbocycles. The SMILES string of the molecule is CCCC[C@H]1C(=O)N2C[C@H](O)C[C@@H]2C(=O)N[C@@H](CC(=O)O)C(=O)N[C@@H](C(C)C)C(=O)N(C)[C@@H](Cc2ccccc2)C(=O)N[C@@H](CC(=O)O)C(=O)N2C[C@H](O)C[C@H]2C(=O)N[C@@H](Cc2c[nH]c3ccccc23)C(=O)N[C@@H](Cc2ccc(O)cc2)C(=O)N[C@@H](CC(=O)O)C(=O)N[C@H](C(=O)NCC(N)=O)CSCC(=O)N[C@@H](Cc2cc(F)c(F)c(F)c2)C(=O)N(C)[C@@H](Cc2ccccc2)C(=O)N1C. The topological polar surface area (TPSA) is 595 Å². The molecule has 0 unspecified atom stereocenters. The van der Waals surface area contributed by atoms with Gasteiger partial charge in [-0.25, -0.2) is 13.2 Å². The summed E-state index contributed by atoms with van der Waals surface area (Å²) in [7, 11) is 3.43. The first kappa shape index (κ1) is 104. The Morgan fingerprint density at radius 3 is 1.51 bits per heavy atom. The Labute approximate surface area is 770 Å². The number of thioether (sulfide) groups is 1. The van der Waals surface area contributed by atoms with Gasteiger partial charge in [0.2, 0.25) is 88.6 Å². The summed E-state index contributed by atoms with van der Waals surface area (Å²) in [5, 5.41) is 86.3. The summed E-state index contributed by atoms with van der Waals surface area (Å²) >= 11 is 0.521. The highest BCUT2D eigenvalue weighted by Crippen LogP contribution is 2.29. The van der Waals surface area contributed by atoms with E-state index in [2.05, 4.69) is 52.8 Å². The van der Waals surface area contributed by atoms with Crippen molar-refractivity contribution in [2.75, 3.05) is 52.3 Å². The van der Waals surface area contributed by atoms with Crippen LogP contribution in [0.1, 0.15) is 100.0 Å². The number of nitrogens with zero attached hydrogens (tertiary/aromatic N) is 5. The van der Waals surface area contributed by atoms with E-state index < -0.39 is 315 Å². The van der Waals surface area contributed by atoms with Crippen molar-refractivity contribution in [2.45, 2.75) is 195 Å². The summed E-state index contributed by atoms with van der Waals surface area (Å²) < 4.78 is 45.0. The Kier molecular flexibility index (Phi) is 37.0. The van der Waals surface area contributed by atoms with Gasteiger partial charge in [-0.3, -0.25) is 86.3 Å². The summed E-state index contributed by atoms with van der Waals surface area (Å²) in [5.74, 6) is -31.2. The minimum absolute atomic E-state index is 0.176. The monoisotopic (exact) mass is 1890 g/mol. The number of unbranched alkanes of at least 4 members (excludes halogenated alkanes) is 1. The summed E-state index contributed by atoms with van der Waals surface area (Å²) in [6.45, 7) is 2.43. The number of carboxylic acids is 3. The van der Waals surface area contributed by atoms with Gasteiger partial charge in [-0.05, 0) is 70.5 Å². The molecule has 720 valence electrons. The molecule has 18 N–H and O–H groups in total. The van der Waals surface area contributed by atoms with Crippen molar-refractivity contribution >= 4 is 129 Å². The zero-order valence-electron chi connectivity index (χ0n) is 74.0. The van der Waals surface area contributed by atoms with Crippen LogP contribution in [-0.4, -0.2) is 310 Å². The van der Waals surface area contributed by atoms with E-state index in [0.717, 1.165) is 38.6 Å². The number of fused-ring (bicyclic) bond motifs is 3. The zero-order valence-corrected chi connectivity index (χ0v) is 74.8. The number of nitrogens with two attached hydrogens (primary N) is 1. The second-order valence-corrected chi connectivity index (χ2v) is 34.5. The van der Waals surface area contributed by atoms with E-state index in [1.54, 1.807) is 91.9 Å². The molecule has 134 heavy (non-hydrogen) atoms. The molecule has 4 heterocycles. The number of amides is 15. The van der Waals surface area contributed by atoms with Gasteiger partial charge in [0.05, 0.1) is 43.8 Å². The number of carboxylic acid groups (broad SMARTS) is 3. The minimum Gasteiger partial charge on any atom is -0.508 e. The van der Waals surface area contributed by atoms with Crippen LogP contribution in [0.2, 0.25) is 0 Å². The molecule has 15 amide bonds. The van der Waals surface area contributed by atoms with Crippen LogP contribution in [0.25, 0.3) is 10.9 Å². The van der Waals surface area contributed by atoms with Crippen LogP contribution in [-0.2, 0) is 118 Å². The predicted molar refractivity (Wildman–Crippen MR) is 472 cm³/mol. The second kappa shape index (κ2) is 47.9. The number of nitrogens with one attached hydrogen (secondary N) is 10. The number of benzene rings is 5. The van der Waals surface area contributed by atoms with Crippen LogP contribution < -0.4 is 53.6 Å². The van der Waals surface area contributed by atoms with E-state index in [9.17, 15) is 78.2 Å². The molecule has 9 rings (SSSR count). The van der Waals surface area contributed by atoms with Gasteiger partial charge in [-0.15, -0.1) is 11.8 Å². The molecule has 0 radical (unpaired) electrons. The van der Waals surface area contributed by atoms with E-state index >= 15 is 51.9 Å². The standard InChI is InChI=1S/C90H109F3N16O24S/c1-7-8-23-66-89(132)109-43-54(112)36-69(109)85(128)101-62(38-74(117)118)82(125)104-77(46(2)3)90(133)106(5)67(32-47-17-11-9-12-18-47)83(126)102-64(39-75(119)120)87(130)108-42-53(111)35-68(108)84(127)100-60(34-51-40-95-58-22-16-15-21-55(51)58)80(123)98-59(30-49-24-26-52(110)27-25-49)79(122)99-61(37-73(115)116)81(124)103-65(78(121)96-41-71(94)113)44-134-45-72(114)97-63(31-50-28-56(91)76(93)57(92)29-50)86(129)107(6)70(88(131)105(66)4)33-48-19-13-10-14-20-48/h9-22,24-29,40,46,53-54,59-70,77,95,110-112H,7-8,23,30-39,41-45H2,1-6H3,(H2,94,113)(H,96,121)(H,97,114)(H,98,123)(H,99,122)(H,100,127)(H,101,128)(H,102,126)(H,103,124)(H,104,125)(H,115,116)(H,117,118)(H,119,120)/t53-,54-,59+,60+,61+,62+,63+,64+,65+,66+,67+,68+,69-,70+,77+/m1/s1. The highest BCUT2D eigenvalue weighted by Gasteiger charge is 2.49. The molecule has 3 fully saturated rings. The fourth-order valence-corrected chi connectivity index (χ4v) is 16.9. The average Bonchev–Trinajstić information content (AvgIpc) is 1.62. The molecule has 15 atom stereocenters. The smallest absolute Gasteiger partial charge is 0.305 e. The van der Waals surface area contributed by atoms with Gasteiger partial charge in [0.15, 0.2) is 17.5 Å². The first-order chi connectivity index (χ1) is 63.5. The van der Waals surface area contributed by atoms with Crippen molar-refractivity contribution in [1.82, 2.24) is 77.3 Å². The lowest BCUT2D eigenvalue weighted by Gasteiger charge is -2.38. The molecular formula is C90H109F3N16O24S. The van der Waals surface area contributed by atoms with Crippen LogP contribution in [0.4, 0.5) is 13.2 Å². The van der Waals surface area contributed by atoms with Crippen LogP contribution in [0.5, 0.6) is 5.75 Å². The number of phenols is 1. The quantitative estimate of drug-likeness (QED) is 0.0332. The van der Waals surface area contributed by atoms with Gasteiger partial charge in [0, 0.05) is 102 Å². The number of phenolic OH excluding ortho intramolecular Hbond substituents is 1. The number of carbonyl (C=O) groups excluding carboxylic acids is 15. The molecular weight excluding hydrogens is 1780 g/mol. The molecule has 3 aliphatic rings. The number of likely N-dealkylation sites (N-methyl/N-ethyl adjacent to an activating group) is 3. The highest BCUT2D eigenvalue weighted by molar-refractivity contribution is 8.00. The lowest BCUT2D eigenvalue weighted by Crippen LogP contribution is -2.62. The number of aliphatic hydroxyl groups excluding tert-OH is 2. The Bertz CT molecular complexity index is 5310. The number of carbonyl (C=O) groups is 18. The molecule has 0 bridgehead atoms. The maximum absolute atomic E-state index is 15.7. The predicted octanol–water partition coefficient (Wildman–Crippen LogP) is -1.29. The van der Waals surface area contributed by atoms with Gasteiger partial charge >= 0.3 is 17.9 Å². The maximum Gasteiger partial charge on any atom is 0.305 e. The number of halogens is 3. The number of aliphatic hydroxyl groups is 2. The van der Waals surface area contributed by atoms with Crippen molar-refractivity contribution in [3.8, 4) is 5.75 Å². The number of rotatable bonds is 23. The normalized spacial score (nSPS) is 24.5. The summed E-state index contributed by atoms with van der Waals surface area (Å²) in [6, 6.07) is 4.06. The summed E-state index contributed by atoms with van der Waals surface area (Å²) in [6.07, 6.45) is -8.71. The van der Waals surface area contributed by atoms with E-state index in [0.29, 0.717) is 57.9 Å². The Morgan fingerprint density at radius 2 is 0.955 bits per heavy atom. The van der Waals surface area contributed by atoms with Gasteiger partial charge in [-0.1, -0.05) is 125 Å². The fraction of sp³-hybridized carbons (Fsp3) is 0.444. The van der Waals surface area contributed by atoms with Gasteiger partial charge in [0.1, 0.15) is 84.3 Å². The van der Waals surface area contributed by atoms with Crippen molar-refractivity contribution in [3.63, 3.8) is 0 Å². The lowest BCUT2D eigenvalue weighted by molar-refractivity contribution is -0.152. The number of aromatic hydroxyl groups is 1. The van der Waals surface area contributed by atoms with Crippen LogP contribution in [0, 0.1) is 23.4 Å². The molecule has 3 saturated heterocycles. The second-order valence-electron chi connectivity index (χ2n) is 33.4. The number of aromatic amines is 1. The summed E-state index contributed by atoms with van der Waals surface area (Å²) in [5.41, 5.74) is 6.72. The first-order valence-corrected chi connectivity index (χ1v) is 44.2. The van der Waals surface area contributed by atoms with Crippen molar-refractivity contribution in [3.05, 3.63) is 173 Å². The van der Waals surface area contributed by atoms with Crippen molar-refractivity contribution in [2.24, 2.45) is 11.7 Å². The molecule has 1 aromatic heterocycles. The van der Waals surface area contributed by atoms with Gasteiger partial charge < -0.3 is 114 Å². The molecule has 44 heteroatoms.